The molecule has 31 heavy (non-hydrogen) atoms. The molecule has 2 aromatic carbocycles. The Morgan fingerprint density at radius 3 is 2.55 bits per heavy atom. The van der Waals surface area contributed by atoms with E-state index < -0.39 is 23.2 Å². The predicted molar refractivity (Wildman–Crippen MR) is 114 cm³/mol. The molecule has 4 rings (SSSR count). The van der Waals surface area contributed by atoms with Crippen LogP contribution in [0.25, 0.3) is 16.4 Å². The van der Waals surface area contributed by atoms with E-state index in [1.165, 1.54) is 28.2 Å². The number of nitrogens with zero attached hydrogens (tertiary/aromatic N) is 3. The Bertz CT molecular complexity index is 1250. The minimum atomic E-state index is -4.65. The quantitative estimate of drug-likeness (QED) is 0.391. The summed E-state index contributed by atoms with van der Waals surface area (Å²) in [6.45, 7) is 1.71. The zero-order chi connectivity index (χ0) is 22.2. The second-order valence-corrected chi connectivity index (χ2v) is 7.88. The smallest absolute Gasteiger partial charge is 0.306 e. The first-order chi connectivity index (χ1) is 14.7. The fourth-order valence-corrected chi connectivity index (χ4v) is 3.88. The molecule has 0 atom stereocenters. The fraction of sp³-hybridized carbons (Fsp3) is 0.0952. The molecule has 0 aliphatic heterocycles. The van der Waals surface area contributed by atoms with Gasteiger partial charge in [-0.15, -0.1) is 11.3 Å². The van der Waals surface area contributed by atoms with Crippen molar-refractivity contribution in [2.75, 3.05) is 5.32 Å². The molecular weight excluding hydrogens is 449 g/mol. The van der Waals surface area contributed by atoms with E-state index in [0.717, 1.165) is 17.7 Å². The number of hydrogen-bond acceptors (Lipinski definition) is 4. The van der Waals surface area contributed by atoms with Crippen LogP contribution in [0.3, 0.4) is 0 Å². The standard InChI is InChI=1S/C21H14ClF3N4OS/c1-12-10-18(27-19(30)15-4-2-3-5-16(15)21(23,24)25)29(28-12)20-26-17(11-31-20)13-6-8-14(22)9-7-13/h2-11H,1H3,(H,27,30). The number of benzene rings is 2. The van der Waals surface area contributed by atoms with Crippen LogP contribution in [-0.4, -0.2) is 20.7 Å². The molecule has 0 aliphatic carbocycles. The molecule has 158 valence electrons. The minimum absolute atomic E-state index is 0.219. The Hall–Kier alpha value is -3.17. The molecule has 0 spiro atoms. The molecule has 1 amide bonds. The van der Waals surface area contributed by atoms with Gasteiger partial charge in [-0.05, 0) is 31.2 Å². The number of carbonyl (C=O) groups excluding carboxylic acids is 1. The minimum Gasteiger partial charge on any atom is -0.306 e. The predicted octanol–water partition coefficient (Wildman–Crippen LogP) is 6.23. The van der Waals surface area contributed by atoms with Gasteiger partial charge in [-0.2, -0.15) is 23.0 Å². The van der Waals surface area contributed by atoms with Crippen molar-refractivity contribution in [1.29, 1.82) is 0 Å². The van der Waals surface area contributed by atoms with Gasteiger partial charge in [-0.3, -0.25) is 4.79 Å². The lowest BCUT2D eigenvalue weighted by atomic mass is 10.1. The number of aryl methyl sites for hydroxylation is 1. The third-order valence-electron chi connectivity index (χ3n) is 4.36. The lowest BCUT2D eigenvalue weighted by molar-refractivity contribution is -0.137. The topological polar surface area (TPSA) is 59.8 Å². The van der Waals surface area contributed by atoms with Gasteiger partial charge in [-0.25, -0.2) is 4.98 Å². The van der Waals surface area contributed by atoms with Crippen LogP contribution >= 0.6 is 22.9 Å². The van der Waals surface area contributed by atoms with Crippen molar-refractivity contribution in [3.63, 3.8) is 0 Å². The number of rotatable bonds is 4. The van der Waals surface area contributed by atoms with E-state index in [4.69, 9.17) is 11.6 Å². The number of alkyl halides is 3. The Morgan fingerprint density at radius 2 is 1.84 bits per heavy atom. The number of anilines is 1. The number of carbonyl (C=O) groups is 1. The molecule has 10 heteroatoms. The highest BCUT2D eigenvalue weighted by molar-refractivity contribution is 7.12. The molecule has 0 saturated carbocycles. The van der Waals surface area contributed by atoms with Crippen LogP contribution in [0, 0.1) is 6.92 Å². The normalized spacial score (nSPS) is 11.5. The van der Waals surface area contributed by atoms with Crippen LogP contribution in [0.4, 0.5) is 19.0 Å². The molecule has 0 fully saturated rings. The van der Waals surface area contributed by atoms with Crippen molar-refractivity contribution in [2.45, 2.75) is 13.1 Å². The molecule has 0 aliphatic rings. The number of halogens is 4. The molecule has 0 saturated heterocycles. The highest BCUT2D eigenvalue weighted by atomic mass is 35.5. The average molecular weight is 463 g/mol. The molecular formula is C21H14ClF3N4OS. The lowest BCUT2D eigenvalue weighted by Crippen LogP contribution is -2.20. The van der Waals surface area contributed by atoms with Gasteiger partial charge >= 0.3 is 6.18 Å². The zero-order valence-electron chi connectivity index (χ0n) is 15.9. The zero-order valence-corrected chi connectivity index (χ0v) is 17.5. The van der Waals surface area contributed by atoms with Gasteiger partial charge in [0.1, 0.15) is 5.82 Å². The van der Waals surface area contributed by atoms with Crippen molar-refractivity contribution in [1.82, 2.24) is 14.8 Å². The number of aromatic nitrogens is 3. The first-order valence-electron chi connectivity index (χ1n) is 8.98. The Labute approximate surface area is 184 Å². The number of thiazole rings is 1. The van der Waals surface area contributed by atoms with E-state index in [2.05, 4.69) is 15.4 Å². The molecule has 1 N–H and O–H groups in total. The molecule has 4 aromatic rings. The SMILES string of the molecule is Cc1cc(NC(=O)c2ccccc2C(F)(F)F)n(-c2nc(-c3ccc(Cl)cc3)cs2)n1. The van der Waals surface area contributed by atoms with Gasteiger partial charge in [0.25, 0.3) is 5.91 Å². The van der Waals surface area contributed by atoms with Crippen LogP contribution < -0.4 is 5.32 Å². The van der Waals surface area contributed by atoms with Gasteiger partial charge in [0, 0.05) is 22.0 Å². The van der Waals surface area contributed by atoms with E-state index in [1.54, 1.807) is 25.1 Å². The van der Waals surface area contributed by atoms with Crippen molar-refractivity contribution in [2.24, 2.45) is 0 Å². The van der Waals surface area contributed by atoms with E-state index in [9.17, 15) is 18.0 Å². The van der Waals surface area contributed by atoms with E-state index in [0.29, 0.717) is 21.5 Å². The lowest BCUT2D eigenvalue weighted by Gasteiger charge is -2.12. The largest absolute Gasteiger partial charge is 0.417 e. The van der Waals surface area contributed by atoms with Crippen LogP contribution in [0.1, 0.15) is 21.6 Å². The summed E-state index contributed by atoms with van der Waals surface area (Å²) in [4.78, 5) is 17.2. The van der Waals surface area contributed by atoms with E-state index in [-0.39, 0.29) is 5.82 Å². The van der Waals surface area contributed by atoms with Crippen molar-refractivity contribution in [3.8, 4) is 16.4 Å². The molecule has 0 unspecified atom stereocenters. The Balaban J connectivity index is 1.65. The monoisotopic (exact) mass is 462 g/mol. The van der Waals surface area contributed by atoms with Crippen LogP contribution in [0.5, 0.6) is 0 Å². The maximum atomic E-state index is 13.3. The molecule has 5 nitrogen and oxygen atoms in total. The van der Waals surface area contributed by atoms with E-state index >= 15 is 0 Å². The molecule has 0 radical (unpaired) electrons. The van der Waals surface area contributed by atoms with Crippen LogP contribution in [0.15, 0.2) is 60.0 Å². The summed E-state index contributed by atoms with van der Waals surface area (Å²) in [5, 5.41) is 9.73. The maximum Gasteiger partial charge on any atom is 0.417 e. The number of amides is 1. The maximum absolute atomic E-state index is 13.3. The van der Waals surface area contributed by atoms with Crippen molar-refractivity contribution < 1.29 is 18.0 Å². The highest BCUT2D eigenvalue weighted by Crippen LogP contribution is 2.32. The summed E-state index contributed by atoms with van der Waals surface area (Å²) in [6.07, 6.45) is -4.65. The molecule has 2 aromatic heterocycles. The fourth-order valence-electron chi connectivity index (χ4n) is 2.96. The van der Waals surface area contributed by atoms with Gasteiger partial charge in [0.05, 0.1) is 22.5 Å². The summed E-state index contributed by atoms with van der Waals surface area (Å²) >= 11 is 7.20. The van der Waals surface area contributed by atoms with Gasteiger partial charge in [0.2, 0.25) is 5.13 Å². The first-order valence-corrected chi connectivity index (χ1v) is 10.2. The summed E-state index contributed by atoms with van der Waals surface area (Å²) in [5.41, 5.74) is 0.628. The third kappa shape index (κ3) is 4.47. The Kier molecular flexibility index (Phi) is 5.55. The van der Waals surface area contributed by atoms with Gasteiger partial charge < -0.3 is 5.32 Å². The van der Waals surface area contributed by atoms with Crippen molar-refractivity contribution >= 4 is 34.7 Å². The van der Waals surface area contributed by atoms with Gasteiger partial charge in [0.15, 0.2) is 0 Å². The number of nitrogens with one attached hydrogen (secondary N) is 1. The van der Waals surface area contributed by atoms with Crippen molar-refractivity contribution in [3.05, 3.63) is 81.8 Å². The van der Waals surface area contributed by atoms with Crippen LogP contribution in [-0.2, 0) is 6.18 Å². The summed E-state index contributed by atoms with van der Waals surface area (Å²) in [7, 11) is 0. The second kappa shape index (κ2) is 8.16. The van der Waals surface area contributed by atoms with E-state index in [1.807, 2.05) is 17.5 Å². The summed E-state index contributed by atoms with van der Waals surface area (Å²) in [5.74, 6) is -0.667. The highest BCUT2D eigenvalue weighted by Gasteiger charge is 2.35. The van der Waals surface area contributed by atoms with Crippen LogP contribution in [0.2, 0.25) is 5.02 Å². The summed E-state index contributed by atoms with van der Waals surface area (Å²) < 4.78 is 41.2. The summed E-state index contributed by atoms with van der Waals surface area (Å²) in [6, 6.07) is 13.3. The first kappa shape index (κ1) is 21.1. The average Bonchev–Trinajstić information content (AvgIpc) is 3.34. The molecule has 2 heterocycles. The molecule has 0 bridgehead atoms. The third-order valence-corrected chi connectivity index (χ3v) is 5.43. The Morgan fingerprint density at radius 1 is 1.13 bits per heavy atom. The van der Waals surface area contributed by atoms with Gasteiger partial charge in [-0.1, -0.05) is 35.9 Å². The number of hydrogen-bond donors (Lipinski definition) is 1. The second-order valence-electron chi connectivity index (χ2n) is 6.60.